The minimum atomic E-state index is 0.0195. The molecule has 1 heterocycles. The maximum absolute atomic E-state index is 8.63. The van der Waals surface area contributed by atoms with E-state index in [0.29, 0.717) is 12.2 Å². The molecule has 5 nitrogen and oxygen atoms in total. The van der Waals surface area contributed by atoms with Gasteiger partial charge in [-0.05, 0) is 24.6 Å². The fourth-order valence-corrected chi connectivity index (χ4v) is 1.40. The SMILES string of the molecule is C#CCCCNCc1cccnc1/C(N)=N\O. The van der Waals surface area contributed by atoms with Gasteiger partial charge < -0.3 is 16.3 Å². The van der Waals surface area contributed by atoms with Gasteiger partial charge in [0.1, 0.15) is 5.69 Å². The molecule has 0 spiro atoms. The summed E-state index contributed by atoms with van der Waals surface area (Å²) in [5.41, 5.74) is 6.92. The van der Waals surface area contributed by atoms with Gasteiger partial charge in [0.2, 0.25) is 0 Å². The van der Waals surface area contributed by atoms with Crippen molar-refractivity contribution in [2.24, 2.45) is 10.9 Å². The van der Waals surface area contributed by atoms with Gasteiger partial charge in [-0.1, -0.05) is 11.2 Å². The van der Waals surface area contributed by atoms with Crippen molar-refractivity contribution in [3.05, 3.63) is 29.6 Å². The first-order valence-corrected chi connectivity index (χ1v) is 5.35. The fourth-order valence-electron chi connectivity index (χ4n) is 1.40. The van der Waals surface area contributed by atoms with E-state index in [2.05, 4.69) is 21.4 Å². The molecule has 1 aromatic heterocycles. The van der Waals surface area contributed by atoms with Gasteiger partial charge in [-0.2, -0.15) is 0 Å². The van der Waals surface area contributed by atoms with Crippen LogP contribution in [0.25, 0.3) is 0 Å². The molecule has 0 aliphatic carbocycles. The molecular formula is C12H16N4O. The van der Waals surface area contributed by atoms with Gasteiger partial charge in [0.25, 0.3) is 0 Å². The number of nitrogens with two attached hydrogens (primary N) is 1. The first-order chi connectivity index (χ1) is 8.29. The predicted octanol–water partition coefficient (Wildman–Crippen LogP) is 0.679. The Hall–Kier alpha value is -2.06. The molecule has 0 aliphatic rings. The quantitative estimate of drug-likeness (QED) is 0.168. The van der Waals surface area contributed by atoms with E-state index < -0.39 is 0 Å². The number of oxime groups is 1. The Balaban J connectivity index is 2.56. The van der Waals surface area contributed by atoms with Crippen LogP contribution in [-0.4, -0.2) is 22.6 Å². The van der Waals surface area contributed by atoms with Crippen molar-refractivity contribution < 1.29 is 5.21 Å². The van der Waals surface area contributed by atoms with Crippen LogP contribution >= 0.6 is 0 Å². The number of amidine groups is 1. The molecule has 0 fully saturated rings. The summed E-state index contributed by atoms with van der Waals surface area (Å²) in [4.78, 5) is 4.08. The Morgan fingerprint density at radius 2 is 2.47 bits per heavy atom. The van der Waals surface area contributed by atoms with E-state index in [-0.39, 0.29) is 5.84 Å². The number of hydrogen-bond acceptors (Lipinski definition) is 4. The Kier molecular flexibility index (Phi) is 5.55. The Bertz CT molecular complexity index is 423. The number of hydrogen-bond donors (Lipinski definition) is 3. The number of nitrogens with one attached hydrogen (secondary N) is 1. The van der Waals surface area contributed by atoms with Crippen LogP contribution < -0.4 is 11.1 Å². The molecule has 5 heteroatoms. The molecule has 0 saturated heterocycles. The monoisotopic (exact) mass is 232 g/mol. The average Bonchev–Trinajstić information content (AvgIpc) is 2.38. The van der Waals surface area contributed by atoms with Crippen molar-refractivity contribution in [3.63, 3.8) is 0 Å². The van der Waals surface area contributed by atoms with Crippen LogP contribution in [0.2, 0.25) is 0 Å². The van der Waals surface area contributed by atoms with E-state index in [1.54, 1.807) is 6.20 Å². The third kappa shape index (κ3) is 4.13. The number of aromatic nitrogens is 1. The van der Waals surface area contributed by atoms with Crippen molar-refractivity contribution in [2.45, 2.75) is 19.4 Å². The summed E-state index contributed by atoms with van der Waals surface area (Å²) in [6.07, 6.45) is 8.45. The summed E-state index contributed by atoms with van der Waals surface area (Å²) in [6.45, 7) is 1.44. The molecule has 0 amide bonds. The molecule has 90 valence electrons. The third-order valence-electron chi connectivity index (χ3n) is 2.23. The predicted molar refractivity (Wildman–Crippen MR) is 66.5 cm³/mol. The summed E-state index contributed by atoms with van der Waals surface area (Å²) in [6, 6.07) is 3.70. The second kappa shape index (κ2) is 7.25. The maximum Gasteiger partial charge on any atom is 0.189 e. The van der Waals surface area contributed by atoms with E-state index in [1.165, 1.54) is 0 Å². The molecule has 1 aromatic rings. The van der Waals surface area contributed by atoms with Gasteiger partial charge in [-0.3, -0.25) is 4.98 Å². The highest BCUT2D eigenvalue weighted by molar-refractivity contribution is 5.96. The van der Waals surface area contributed by atoms with E-state index in [0.717, 1.165) is 24.9 Å². The van der Waals surface area contributed by atoms with Crippen LogP contribution in [0, 0.1) is 12.3 Å². The normalized spacial score (nSPS) is 11.1. The maximum atomic E-state index is 8.63. The zero-order valence-corrected chi connectivity index (χ0v) is 9.56. The van der Waals surface area contributed by atoms with Gasteiger partial charge in [-0.25, -0.2) is 0 Å². The lowest BCUT2D eigenvalue weighted by molar-refractivity contribution is 0.318. The highest BCUT2D eigenvalue weighted by Gasteiger charge is 2.07. The summed E-state index contributed by atoms with van der Waals surface area (Å²) in [7, 11) is 0. The summed E-state index contributed by atoms with van der Waals surface area (Å²) >= 11 is 0. The molecule has 1 rings (SSSR count). The lowest BCUT2D eigenvalue weighted by Gasteiger charge is -2.07. The van der Waals surface area contributed by atoms with Crippen LogP contribution in [0.1, 0.15) is 24.1 Å². The molecule has 4 N–H and O–H groups in total. The summed E-state index contributed by atoms with van der Waals surface area (Å²) < 4.78 is 0. The first-order valence-electron chi connectivity index (χ1n) is 5.35. The van der Waals surface area contributed by atoms with Crippen LogP contribution in [-0.2, 0) is 6.54 Å². The van der Waals surface area contributed by atoms with Gasteiger partial charge in [0.05, 0.1) is 0 Å². The lowest BCUT2D eigenvalue weighted by atomic mass is 10.2. The minimum Gasteiger partial charge on any atom is -0.409 e. The van der Waals surface area contributed by atoms with Gasteiger partial charge in [0, 0.05) is 19.2 Å². The molecule has 17 heavy (non-hydrogen) atoms. The Labute approximate surface area is 101 Å². The second-order valence-electron chi connectivity index (χ2n) is 3.48. The van der Waals surface area contributed by atoms with Crippen molar-refractivity contribution in [2.75, 3.05) is 6.54 Å². The molecule has 0 aromatic carbocycles. The second-order valence-corrected chi connectivity index (χ2v) is 3.48. The topological polar surface area (TPSA) is 83.5 Å². The van der Waals surface area contributed by atoms with Crippen molar-refractivity contribution in [1.82, 2.24) is 10.3 Å². The molecule has 0 saturated carbocycles. The Morgan fingerprint density at radius 3 is 3.18 bits per heavy atom. The van der Waals surface area contributed by atoms with Gasteiger partial charge in [0.15, 0.2) is 5.84 Å². The first kappa shape index (κ1) is 13.0. The summed E-state index contributed by atoms with van der Waals surface area (Å²) in [5.74, 6) is 2.60. The lowest BCUT2D eigenvalue weighted by Crippen LogP contribution is -2.21. The van der Waals surface area contributed by atoms with Gasteiger partial charge in [-0.15, -0.1) is 12.3 Å². The zero-order valence-electron chi connectivity index (χ0n) is 9.56. The standard InChI is InChI=1S/C12H16N4O/c1-2-3-4-7-14-9-10-6-5-8-15-11(10)12(13)16-17/h1,5-6,8,14,17H,3-4,7,9H2,(H2,13,16). The fraction of sp³-hybridized carbons (Fsp3) is 0.333. The van der Waals surface area contributed by atoms with E-state index in [9.17, 15) is 0 Å². The van der Waals surface area contributed by atoms with Gasteiger partial charge >= 0.3 is 0 Å². The van der Waals surface area contributed by atoms with Crippen LogP contribution in [0.4, 0.5) is 0 Å². The number of unbranched alkanes of at least 4 members (excludes halogenated alkanes) is 1. The number of pyridine rings is 1. The molecule has 0 unspecified atom stereocenters. The van der Waals surface area contributed by atoms with Crippen LogP contribution in [0.3, 0.4) is 0 Å². The minimum absolute atomic E-state index is 0.0195. The molecule has 0 aliphatic heterocycles. The molecule has 0 radical (unpaired) electrons. The molecule has 0 atom stereocenters. The Morgan fingerprint density at radius 1 is 1.65 bits per heavy atom. The van der Waals surface area contributed by atoms with Crippen LogP contribution in [0.15, 0.2) is 23.5 Å². The highest BCUT2D eigenvalue weighted by atomic mass is 16.4. The molecule has 0 bridgehead atoms. The number of rotatable bonds is 6. The van der Waals surface area contributed by atoms with E-state index in [1.807, 2.05) is 12.1 Å². The smallest absolute Gasteiger partial charge is 0.189 e. The average molecular weight is 232 g/mol. The van der Waals surface area contributed by atoms with Crippen molar-refractivity contribution in [1.29, 1.82) is 0 Å². The van der Waals surface area contributed by atoms with Crippen LogP contribution in [0.5, 0.6) is 0 Å². The van der Waals surface area contributed by atoms with Crippen molar-refractivity contribution in [3.8, 4) is 12.3 Å². The van der Waals surface area contributed by atoms with E-state index in [4.69, 9.17) is 17.4 Å². The van der Waals surface area contributed by atoms with E-state index >= 15 is 0 Å². The zero-order chi connectivity index (χ0) is 12.5. The largest absolute Gasteiger partial charge is 0.409 e. The molecular weight excluding hydrogens is 216 g/mol. The summed E-state index contributed by atoms with van der Waals surface area (Å²) in [5, 5.41) is 14.8. The van der Waals surface area contributed by atoms with Crippen molar-refractivity contribution >= 4 is 5.84 Å². The number of terminal acetylenes is 1. The third-order valence-corrected chi connectivity index (χ3v) is 2.23. The highest BCUT2D eigenvalue weighted by Crippen LogP contribution is 2.04. The number of nitrogens with zero attached hydrogens (tertiary/aromatic N) is 2.